The topological polar surface area (TPSA) is 199 Å². The highest BCUT2D eigenvalue weighted by Gasteiger charge is 2.35. The molecule has 0 bridgehead atoms. The predicted molar refractivity (Wildman–Crippen MR) is 161 cm³/mol. The monoisotopic (exact) mass is 627 g/mol. The minimum atomic E-state index is -1.78. The number of rotatable bonds is 16. The van der Waals surface area contributed by atoms with E-state index in [9.17, 15) is 33.4 Å². The number of carbonyl (C=O) groups excluding carboxylic acids is 3. The lowest BCUT2D eigenvalue weighted by Gasteiger charge is -2.33. The number of pyridine rings is 1. The number of halogens is 2. The lowest BCUT2D eigenvalue weighted by molar-refractivity contribution is -0.126. The van der Waals surface area contributed by atoms with E-state index < -0.39 is 59.7 Å². The van der Waals surface area contributed by atoms with Crippen molar-refractivity contribution in [3.8, 4) is 6.07 Å². The predicted octanol–water partition coefficient (Wildman–Crippen LogP) is 2.42. The molecular formula is C28H39F2N5O7S. The third kappa shape index (κ3) is 13.2. The van der Waals surface area contributed by atoms with Crippen LogP contribution in [0.15, 0.2) is 42.7 Å². The molecule has 0 aliphatic heterocycles. The van der Waals surface area contributed by atoms with Crippen molar-refractivity contribution in [2.75, 3.05) is 11.5 Å². The smallest absolute Gasteiger partial charge is 0.253 e. The molecule has 0 unspecified atom stereocenters. The fourth-order valence-corrected chi connectivity index (χ4v) is 5.11. The number of aromatic nitrogens is 1. The second-order valence-electron chi connectivity index (χ2n) is 9.44. The minimum absolute atomic E-state index is 0. The van der Waals surface area contributed by atoms with Gasteiger partial charge >= 0.3 is 0 Å². The lowest BCUT2D eigenvalue weighted by Crippen LogP contribution is -2.59. The van der Waals surface area contributed by atoms with Gasteiger partial charge in [-0.1, -0.05) is 13.3 Å². The van der Waals surface area contributed by atoms with Crippen molar-refractivity contribution in [3.63, 3.8) is 0 Å². The zero-order valence-electron chi connectivity index (χ0n) is 23.7. The minimum Gasteiger partial charge on any atom is -0.388 e. The Hall–Kier alpha value is -4.00. The Labute approximate surface area is 254 Å². The van der Waals surface area contributed by atoms with Gasteiger partial charge in [-0.2, -0.15) is 17.0 Å². The number of benzene rings is 1. The van der Waals surface area contributed by atoms with Crippen LogP contribution in [0.3, 0.4) is 0 Å². The zero-order chi connectivity index (χ0) is 32.4. The molecule has 0 fully saturated rings. The molecule has 3 amide bonds. The van der Waals surface area contributed by atoms with Crippen molar-refractivity contribution in [3.05, 3.63) is 75.4 Å². The van der Waals surface area contributed by atoms with E-state index in [1.807, 2.05) is 13.0 Å². The molecule has 43 heavy (non-hydrogen) atoms. The Morgan fingerprint density at radius 1 is 1.07 bits per heavy atom. The summed E-state index contributed by atoms with van der Waals surface area (Å²) in [7, 11) is 0. The molecule has 0 aliphatic rings. The van der Waals surface area contributed by atoms with E-state index in [0.717, 1.165) is 30.7 Å². The summed E-state index contributed by atoms with van der Waals surface area (Å²) in [5.41, 5.74) is 0.296. The first-order chi connectivity index (χ1) is 20.5. The van der Waals surface area contributed by atoms with Crippen LogP contribution in [0.4, 0.5) is 8.78 Å². The Balaban J connectivity index is 0. The summed E-state index contributed by atoms with van der Waals surface area (Å²) in [6.45, 7) is 3.19. The van der Waals surface area contributed by atoms with Crippen LogP contribution in [0.25, 0.3) is 0 Å². The third-order valence-electron chi connectivity index (χ3n) is 6.05. The molecule has 12 nitrogen and oxygen atoms in total. The summed E-state index contributed by atoms with van der Waals surface area (Å²) >= 11 is 1.43. The maximum atomic E-state index is 13.9. The highest BCUT2D eigenvalue weighted by Crippen LogP contribution is 2.16. The van der Waals surface area contributed by atoms with Crippen molar-refractivity contribution >= 4 is 29.5 Å². The molecule has 2 rings (SSSR count). The highest BCUT2D eigenvalue weighted by molar-refractivity contribution is 7.99. The zero-order valence-corrected chi connectivity index (χ0v) is 24.5. The van der Waals surface area contributed by atoms with Crippen LogP contribution in [-0.4, -0.2) is 74.8 Å². The van der Waals surface area contributed by atoms with Crippen LogP contribution in [-0.2, 0) is 16.0 Å². The van der Waals surface area contributed by atoms with Crippen LogP contribution < -0.4 is 16.0 Å². The molecule has 0 radical (unpaired) electrons. The maximum Gasteiger partial charge on any atom is 0.253 e. The van der Waals surface area contributed by atoms with Crippen molar-refractivity contribution in [1.82, 2.24) is 20.9 Å². The highest BCUT2D eigenvalue weighted by atomic mass is 32.2. The molecular weight excluding hydrogens is 588 g/mol. The van der Waals surface area contributed by atoms with Crippen molar-refractivity contribution in [1.29, 1.82) is 5.26 Å². The molecule has 1 heterocycles. The maximum absolute atomic E-state index is 13.9. The molecule has 0 spiro atoms. The van der Waals surface area contributed by atoms with Crippen LogP contribution in [0, 0.1) is 32.9 Å². The number of carbonyl (C=O) groups is 3. The third-order valence-corrected chi connectivity index (χ3v) is 7.20. The first kappa shape index (κ1) is 37.0. The summed E-state index contributed by atoms with van der Waals surface area (Å²) in [5.74, 6) is -2.69. The van der Waals surface area contributed by atoms with Gasteiger partial charge in [-0.05, 0) is 48.4 Å². The van der Waals surface area contributed by atoms with E-state index in [1.165, 1.54) is 37.1 Å². The van der Waals surface area contributed by atoms with Crippen LogP contribution >= 0.6 is 11.8 Å². The number of aliphatic hydroxyl groups is 2. The van der Waals surface area contributed by atoms with Crippen molar-refractivity contribution in [2.24, 2.45) is 0 Å². The lowest BCUT2D eigenvalue weighted by atomic mass is 9.92. The molecule has 1 aromatic carbocycles. The number of nitrogens with one attached hydrogen (secondary N) is 3. The van der Waals surface area contributed by atoms with Gasteiger partial charge in [0.1, 0.15) is 29.9 Å². The van der Waals surface area contributed by atoms with Gasteiger partial charge < -0.3 is 26.2 Å². The Morgan fingerprint density at radius 2 is 1.72 bits per heavy atom. The van der Waals surface area contributed by atoms with E-state index in [1.54, 1.807) is 6.07 Å². The number of thioether (sulfide) groups is 1. The average Bonchev–Trinajstić information content (AvgIpc) is 2.98. The van der Waals surface area contributed by atoms with E-state index in [2.05, 4.69) is 20.9 Å². The standard InChI is InChI=1S/C28H35F2N5O5S.O2.2H2/c1-3-4-10-41-16-24(35-27(39)19-6-5-9-32-15-19)28(40)34-23(13-18-11-20(29)14-21(30)12-18)26(38)25(37)22(7-8-31)33-17(2)36;1-2;;/h5-6,9,11-12,14-15,22-26,37-38H,3-4,7,10,13,16H2,1-2H3,(H,33,36)(H,34,40)(H,35,39);;2*1H/t22-,23+,24-,25-,26-;;;/m1.../s1. The summed E-state index contributed by atoms with van der Waals surface area (Å²) in [6.07, 6.45) is 0.470. The van der Waals surface area contributed by atoms with Crippen LogP contribution in [0.2, 0.25) is 0 Å². The first-order valence-corrected chi connectivity index (χ1v) is 14.4. The normalized spacial score (nSPS) is 14.0. The largest absolute Gasteiger partial charge is 0.388 e. The second kappa shape index (κ2) is 20.0. The summed E-state index contributed by atoms with van der Waals surface area (Å²) in [4.78, 5) is 55.8. The van der Waals surface area contributed by atoms with E-state index in [-0.39, 0.29) is 32.6 Å². The number of nitriles is 1. The Bertz CT molecular complexity index is 1210. The summed E-state index contributed by atoms with van der Waals surface area (Å²) < 4.78 is 27.9. The SMILES string of the molecule is CCCCSC[C@@H](NC(=O)c1cccnc1)C(=O)N[C@@H](Cc1cc(F)cc(F)c1)[C@@H](O)[C@H](O)[C@@H](CC#N)NC(C)=O.O=O.[HH].[HH]. The van der Waals surface area contributed by atoms with Gasteiger partial charge in [0.25, 0.3) is 5.91 Å². The molecule has 238 valence electrons. The molecule has 0 saturated carbocycles. The molecule has 5 atom stereocenters. The van der Waals surface area contributed by atoms with E-state index in [4.69, 9.17) is 15.2 Å². The number of amides is 3. The van der Waals surface area contributed by atoms with E-state index >= 15 is 0 Å². The second-order valence-corrected chi connectivity index (χ2v) is 10.6. The van der Waals surface area contributed by atoms with Crippen molar-refractivity contribution < 1.29 is 36.2 Å². The van der Waals surface area contributed by atoms with Gasteiger partial charge in [0.2, 0.25) is 11.8 Å². The molecule has 0 aliphatic carbocycles. The molecule has 5 N–H and O–H groups in total. The van der Waals surface area contributed by atoms with Gasteiger partial charge in [-0.25, -0.2) is 8.78 Å². The van der Waals surface area contributed by atoms with Gasteiger partial charge in [-0.3, -0.25) is 19.4 Å². The van der Waals surface area contributed by atoms with Crippen molar-refractivity contribution in [2.45, 2.75) is 69.9 Å². The number of unbranched alkanes of at least 4 members (excludes halogenated alkanes) is 1. The fourth-order valence-electron chi connectivity index (χ4n) is 3.98. The first-order valence-electron chi connectivity index (χ1n) is 13.3. The number of hydrogen-bond acceptors (Lipinski definition) is 10. The molecule has 2 aromatic rings. The number of hydrogen-bond donors (Lipinski definition) is 5. The molecule has 1 aromatic heterocycles. The fraction of sp³-hybridized carbons (Fsp3) is 0.464. The van der Waals surface area contributed by atoms with Gasteiger partial charge in [0.15, 0.2) is 0 Å². The van der Waals surface area contributed by atoms with Gasteiger partial charge in [0, 0.05) is 43.9 Å². The molecule has 0 saturated heterocycles. The van der Waals surface area contributed by atoms with E-state index in [0.29, 0.717) is 6.07 Å². The quantitative estimate of drug-likeness (QED) is 0.172. The summed E-state index contributed by atoms with van der Waals surface area (Å²) in [6, 6.07) is 4.02. The molecule has 15 heteroatoms. The van der Waals surface area contributed by atoms with Gasteiger partial charge in [0.05, 0.1) is 30.1 Å². The van der Waals surface area contributed by atoms with Crippen LogP contribution in [0.5, 0.6) is 0 Å². The Kier molecular flexibility index (Phi) is 17.2. The number of aliphatic hydroxyl groups excluding tert-OH is 2. The average molecular weight is 628 g/mol. The summed E-state index contributed by atoms with van der Waals surface area (Å²) in [5, 5.41) is 38.8. The van der Waals surface area contributed by atoms with Crippen LogP contribution in [0.1, 0.15) is 51.9 Å². The number of nitrogens with zero attached hydrogens (tertiary/aromatic N) is 2. The van der Waals surface area contributed by atoms with Gasteiger partial charge in [-0.15, -0.1) is 0 Å². The Morgan fingerprint density at radius 3 is 2.28 bits per heavy atom.